The number of likely N-dealkylation sites (N-methyl/N-ethyl adjacent to an activating group) is 1. The predicted octanol–water partition coefficient (Wildman–Crippen LogP) is 1.17. The smallest absolute Gasteiger partial charge is 0.179 e. The summed E-state index contributed by atoms with van der Waals surface area (Å²) in [6.45, 7) is 6.77. The Morgan fingerprint density at radius 2 is 2.11 bits per heavy atom. The van der Waals surface area contributed by atoms with Gasteiger partial charge < -0.3 is 10.2 Å². The first-order valence-corrected chi connectivity index (χ1v) is 8.28. The molecule has 0 spiro atoms. The van der Waals surface area contributed by atoms with Crippen molar-refractivity contribution in [3.63, 3.8) is 0 Å². The number of sulfone groups is 1. The van der Waals surface area contributed by atoms with Crippen LogP contribution in [0, 0.1) is 5.92 Å². The summed E-state index contributed by atoms with van der Waals surface area (Å²) in [6, 6.07) is 3.24. The molecule has 0 atom stereocenters. The Balaban J connectivity index is 2.70. The summed E-state index contributed by atoms with van der Waals surface area (Å²) in [5.74, 6) is 1.11. The third-order valence-electron chi connectivity index (χ3n) is 2.69. The van der Waals surface area contributed by atoms with Gasteiger partial charge in [-0.25, -0.2) is 13.4 Å². The zero-order valence-corrected chi connectivity index (χ0v) is 12.9. The van der Waals surface area contributed by atoms with Gasteiger partial charge in [0.25, 0.3) is 0 Å². The Kier molecular flexibility index (Phi) is 5.75. The molecule has 1 aromatic heterocycles. The lowest BCUT2D eigenvalue weighted by atomic mass is 10.2. The van der Waals surface area contributed by atoms with Gasteiger partial charge in [0.2, 0.25) is 0 Å². The number of rotatable bonds is 7. The van der Waals surface area contributed by atoms with E-state index in [2.05, 4.69) is 24.1 Å². The van der Waals surface area contributed by atoms with Crippen LogP contribution in [0.15, 0.2) is 23.2 Å². The molecule has 0 aliphatic rings. The molecule has 0 bridgehead atoms. The maximum atomic E-state index is 11.7. The summed E-state index contributed by atoms with van der Waals surface area (Å²) in [7, 11) is -1.39. The summed E-state index contributed by atoms with van der Waals surface area (Å²) in [5, 5.41) is 3.32. The monoisotopic (exact) mass is 285 g/mol. The number of anilines is 1. The summed E-state index contributed by atoms with van der Waals surface area (Å²) >= 11 is 0. The Morgan fingerprint density at radius 1 is 1.42 bits per heavy atom. The number of pyridine rings is 1. The van der Waals surface area contributed by atoms with Crippen LogP contribution < -0.4 is 10.2 Å². The van der Waals surface area contributed by atoms with Crippen LogP contribution in [0.2, 0.25) is 0 Å². The van der Waals surface area contributed by atoms with E-state index in [4.69, 9.17) is 0 Å². The zero-order valence-electron chi connectivity index (χ0n) is 12.0. The van der Waals surface area contributed by atoms with Crippen molar-refractivity contribution in [2.24, 2.45) is 5.92 Å². The van der Waals surface area contributed by atoms with Gasteiger partial charge in [0.05, 0.1) is 0 Å². The normalized spacial score (nSPS) is 11.8. The van der Waals surface area contributed by atoms with Crippen LogP contribution >= 0.6 is 0 Å². The molecule has 0 saturated heterocycles. The molecule has 19 heavy (non-hydrogen) atoms. The largest absolute Gasteiger partial charge is 0.357 e. The van der Waals surface area contributed by atoms with Crippen molar-refractivity contribution in [3.8, 4) is 0 Å². The van der Waals surface area contributed by atoms with E-state index < -0.39 is 9.84 Å². The van der Waals surface area contributed by atoms with Crippen LogP contribution in [-0.4, -0.2) is 46.3 Å². The summed E-state index contributed by atoms with van der Waals surface area (Å²) in [4.78, 5) is 6.32. The van der Waals surface area contributed by atoms with Crippen molar-refractivity contribution >= 4 is 15.7 Å². The average Bonchev–Trinajstić information content (AvgIpc) is 2.33. The van der Waals surface area contributed by atoms with E-state index in [9.17, 15) is 8.42 Å². The molecule has 5 nitrogen and oxygen atoms in total. The molecule has 0 saturated carbocycles. The molecule has 0 radical (unpaired) electrons. The van der Waals surface area contributed by atoms with E-state index in [1.807, 2.05) is 11.9 Å². The van der Waals surface area contributed by atoms with Crippen LogP contribution in [0.1, 0.15) is 13.8 Å². The average molecular weight is 285 g/mol. The highest BCUT2D eigenvalue weighted by atomic mass is 32.2. The van der Waals surface area contributed by atoms with E-state index in [1.54, 1.807) is 18.3 Å². The van der Waals surface area contributed by atoms with Gasteiger partial charge in [0, 0.05) is 32.6 Å². The van der Waals surface area contributed by atoms with Gasteiger partial charge in [-0.2, -0.15) is 0 Å². The Labute approximate surface area is 116 Å². The molecular weight excluding hydrogens is 262 g/mol. The van der Waals surface area contributed by atoms with Crippen molar-refractivity contribution in [3.05, 3.63) is 18.3 Å². The second kappa shape index (κ2) is 6.86. The number of nitrogens with one attached hydrogen (secondary N) is 1. The highest BCUT2D eigenvalue weighted by Gasteiger charge is 2.16. The first kappa shape index (κ1) is 15.9. The van der Waals surface area contributed by atoms with Crippen LogP contribution in [0.5, 0.6) is 0 Å². The fourth-order valence-corrected chi connectivity index (χ4v) is 2.57. The van der Waals surface area contributed by atoms with Crippen molar-refractivity contribution in [1.29, 1.82) is 0 Å². The van der Waals surface area contributed by atoms with Gasteiger partial charge in [0.15, 0.2) is 9.84 Å². The van der Waals surface area contributed by atoms with Crippen molar-refractivity contribution in [2.45, 2.75) is 18.7 Å². The van der Waals surface area contributed by atoms with E-state index in [0.29, 0.717) is 18.3 Å². The lowest BCUT2D eigenvalue weighted by Crippen LogP contribution is -2.32. The molecule has 6 heteroatoms. The maximum Gasteiger partial charge on any atom is 0.179 e. The molecule has 108 valence electrons. The van der Waals surface area contributed by atoms with Gasteiger partial charge in [0.1, 0.15) is 10.7 Å². The summed E-state index contributed by atoms with van der Waals surface area (Å²) in [5.41, 5.74) is 0. The van der Waals surface area contributed by atoms with E-state index in [1.165, 1.54) is 6.26 Å². The Bertz CT molecular complexity index is 500. The number of hydrogen-bond donors (Lipinski definition) is 1. The van der Waals surface area contributed by atoms with Crippen molar-refractivity contribution < 1.29 is 8.42 Å². The molecule has 1 aromatic rings. The summed E-state index contributed by atoms with van der Waals surface area (Å²) in [6.07, 6.45) is 2.82. The molecule has 0 aromatic carbocycles. The fourth-order valence-electron chi connectivity index (χ4n) is 1.70. The first-order chi connectivity index (χ1) is 8.82. The minimum absolute atomic E-state index is 0.279. The Hall–Kier alpha value is -1.14. The molecule has 0 fully saturated rings. The predicted molar refractivity (Wildman–Crippen MR) is 78.3 cm³/mol. The van der Waals surface area contributed by atoms with Gasteiger partial charge in [-0.15, -0.1) is 0 Å². The number of hydrogen-bond acceptors (Lipinski definition) is 5. The lowest BCUT2D eigenvalue weighted by molar-refractivity contribution is 0.553. The molecule has 0 aliphatic carbocycles. The van der Waals surface area contributed by atoms with Crippen molar-refractivity contribution in [1.82, 2.24) is 10.3 Å². The van der Waals surface area contributed by atoms with Gasteiger partial charge in [-0.1, -0.05) is 13.8 Å². The third kappa shape index (κ3) is 5.16. The number of aromatic nitrogens is 1. The quantitative estimate of drug-likeness (QED) is 0.762. The summed E-state index contributed by atoms with van der Waals surface area (Å²) < 4.78 is 23.4. The maximum absolute atomic E-state index is 11.7. The second-order valence-electron chi connectivity index (χ2n) is 5.12. The molecule has 0 unspecified atom stereocenters. The van der Waals surface area contributed by atoms with Gasteiger partial charge in [-0.05, 0) is 24.6 Å². The topological polar surface area (TPSA) is 62.3 Å². The van der Waals surface area contributed by atoms with E-state index in [0.717, 1.165) is 13.1 Å². The third-order valence-corrected chi connectivity index (χ3v) is 3.81. The molecule has 1 heterocycles. The van der Waals surface area contributed by atoms with E-state index in [-0.39, 0.29) is 4.90 Å². The van der Waals surface area contributed by atoms with Crippen LogP contribution in [0.25, 0.3) is 0 Å². The van der Waals surface area contributed by atoms with Crippen LogP contribution in [0.3, 0.4) is 0 Å². The molecular formula is C13H23N3O2S. The first-order valence-electron chi connectivity index (χ1n) is 6.39. The van der Waals surface area contributed by atoms with E-state index >= 15 is 0 Å². The lowest BCUT2D eigenvalue weighted by Gasteiger charge is -2.20. The standard InChI is InChI=1S/C13H23N3O2S/c1-11(2)10-14-8-9-16(3)13-12(19(4,17)18)6-5-7-15-13/h5-7,11,14H,8-10H2,1-4H3. The zero-order chi connectivity index (χ0) is 14.5. The second-order valence-corrected chi connectivity index (χ2v) is 7.10. The molecule has 0 amide bonds. The molecule has 1 rings (SSSR count). The fraction of sp³-hybridized carbons (Fsp3) is 0.615. The number of nitrogens with zero attached hydrogens (tertiary/aromatic N) is 2. The minimum atomic E-state index is -3.25. The Morgan fingerprint density at radius 3 is 2.68 bits per heavy atom. The van der Waals surface area contributed by atoms with Crippen LogP contribution in [-0.2, 0) is 9.84 Å². The van der Waals surface area contributed by atoms with Crippen LogP contribution in [0.4, 0.5) is 5.82 Å². The SMILES string of the molecule is CC(C)CNCCN(C)c1ncccc1S(C)(=O)=O. The highest BCUT2D eigenvalue weighted by molar-refractivity contribution is 7.90. The molecule has 1 N–H and O–H groups in total. The minimum Gasteiger partial charge on any atom is -0.357 e. The van der Waals surface area contributed by atoms with Gasteiger partial charge >= 0.3 is 0 Å². The van der Waals surface area contributed by atoms with Gasteiger partial charge in [-0.3, -0.25) is 0 Å². The molecule has 0 aliphatic heterocycles. The van der Waals surface area contributed by atoms with Crippen molar-refractivity contribution in [2.75, 3.05) is 37.8 Å². The highest BCUT2D eigenvalue weighted by Crippen LogP contribution is 2.20.